The van der Waals surface area contributed by atoms with E-state index in [-0.39, 0.29) is 0 Å². The van der Waals surface area contributed by atoms with Crippen molar-refractivity contribution in [3.05, 3.63) is 65.7 Å². The third-order valence-electron chi connectivity index (χ3n) is 5.53. The van der Waals surface area contributed by atoms with Gasteiger partial charge < -0.3 is 14.2 Å². The summed E-state index contributed by atoms with van der Waals surface area (Å²) in [6, 6.07) is 13.5. The Morgan fingerprint density at radius 1 is 0.775 bits per heavy atom. The van der Waals surface area contributed by atoms with Gasteiger partial charge in [0.25, 0.3) is 0 Å². The van der Waals surface area contributed by atoms with Crippen molar-refractivity contribution < 1.29 is 65.8 Å². The summed E-state index contributed by atoms with van der Waals surface area (Å²) in [6.07, 6.45) is -9.35. The maximum atomic E-state index is 13.3. The van der Waals surface area contributed by atoms with E-state index in [0.717, 1.165) is 0 Å². The van der Waals surface area contributed by atoms with E-state index in [1.54, 1.807) is 6.07 Å². The molecule has 40 heavy (non-hydrogen) atoms. The lowest BCUT2D eigenvalue weighted by atomic mass is 9.94. The van der Waals surface area contributed by atoms with E-state index >= 15 is 0 Å². The van der Waals surface area contributed by atoms with E-state index in [2.05, 4.69) is 21.0 Å². The van der Waals surface area contributed by atoms with Gasteiger partial charge in [-0.2, -0.15) is 43.2 Å². The Bertz CT molecular complexity index is 1330. The number of methoxy groups -OCH3 is 1. The van der Waals surface area contributed by atoms with Crippen LogP contribution in [0.2, 0.25) is 0 Å². The highest BCUT2D eigenvalue weighted by Gasteiger charge is 2.58. The highest BCUT2D eigenvalue weighted by molar-refractivity contribution is 7.88. The van der Waals surface area contributed by atoms with Crippen LogP contribution >= 0.6 is 12.6 Å². The predicted molar refractivity (Wildman–Crippen MR) is 129 cm³/mol. The third kappa shape index (κ3) is 7.80. The molecule has 9 nitrogen and oxygen atoms in total. The smallest absolute Gasteiger partial charge is 0.497 e. The van der Waals surface area contributed by atoms with Crippen molar-refractivity contribution in [3.8, 4) is 5.75 Å². The minimum absolute atomic E-state index is 0.334. The van der Waals surface area contributed by atoms with E-state index in [1.807, 2.05) is 0 Å². The Hall–Kier alpha value is -2.09. The first-order valence-electron chi connectivity index (χ1n) is 11.1. The van der Waals surface area contributed by atoms with Crippen molar-refractivity contribution in [2.75, 3.05) is 7.11 Å². The van der Waals surface area contributed by atoms with Crippen LogP contribution in [0.4, 0.5) is 26.3 Å². The molecule has 18 heteroatoms. The molecule has 0 bridgehead atoms. The molecule has 1 heterocycles. The lowest BCUT2D eigenvalue weighted by molar-refractivity contribution is -0.203. The summed E-state index contributed by atoms with van der Waals surface area (Å²) < 4.78 is 152. The molecule has 2 aromatic carbocycles. The zero-order valence-corrected chi connectivity index (χ0v) is 22.7. The minimum Gasteiger partial charge on any atom is -0.497 e. The first-order valence-corrected chi connectivity index (χ1v) is 14.4. The van der Waals surface area contributed by atoms with Crippen LogP contribution in [-0.2, 0) is 51.1 Å². The summed E-state index contributed by atoms with van der Waals surface area (Å²) in [5.74, 6) is 0.434. The molecule has 3 rings (SSSR count). The van der Waals surface area contributed by atoms with Gasteiger partial charge in [-0.25, -0.2) is 0 Å². The number of thiol groups is 1. The maximum Gasteiger partial charge on any atom is 0.523 e. The zero-order valence-electron chi connectivity index (χ0n) is 20.2. The van der Waals surface area contributed by atoms with Crippen molar-refractivity contribution >= 4 is 32.9 Å². The van der Waals surface area contributed by atoms with Crippen LogP contribution in [0.3, 0.4) is 0 Å². The van der Waals surface area contributed by atoms with E-state index in [4.69, 9.17) is 14.2 Å². The molecular formula is C22H22F6O9S3. The standard InChI is InChI=1S/C22H22F6O9S3/c1-33-15-9-7-14(8-10-15)12-34-19-18(37-40(31,32)22(26,27)28)17(36-39(29,30)21(23,24)25)16(35-20(19)38)11-13-5-3-2-4-6-13/h2-10,16-20,38H,11-12H2,1H3/t16-,17-,18-,19-,20+/m1/s1. The van der Waals surface area contributed by atoms with Crippen LogP contribution in [0.15, 0.2) is 54.6 Å². The van der Waals surface area contributed by atoms with Crippen LogP contribution in [0.25, 0.3) is 0 Å². The van der Waals surface area contributed by atoms with Crippen molar-refractivity contribution in [2.24, 2.45) is 0 Å². The third-order valence-corrected chi connectivity index (χ3v) is 8.03. The molecule has 1 fully saturated rings. The zero-order chi connectivity index (χ0) is 29.9. The van der Waals surface area contributed by atoms with E-state index in [0.29, 0.717) is 16.9 Å². The molecule has 1 aliphatic rings. The van der Waals surface area contributed by atoms with Crippen LogP contribution < -0.4 is 4.74 Å². The largest absolute Gasteiger partial charge is 0.523 e. The van der Waals surface area contributed by atoms with Gasteiger partial charge in [0.05, 0.1) is 19.8 Å². The van der Waals surface area contributed by atoms with E-state index in [9.17, 15) is 43.2 Å². The quantitative estimate of drug-likeness (QED) is 0.179. The van der Waals surface area contributed by atoms with Crippen molar-refractivity contribution in [3.63, 3.8) is 0 Å². The van der Waals surface area contributed by atoms with Gasteiger partial charge in [-0.05, 0) is 23.3 Å². The molecular weight excluding hydrogens is 618 g/mol. The molecule has 1 aliphatic heterocycles. The van der Waals surface area contributed by atoms with Gasteiger partial charge in [0, 0.05) is 6.42 Å². The fourth-order valence-electron chi connectivity index (χ4n) is 3.62. The monoisotopic (exact) mass is 640 g/mol. The Morgan fingerprint density at radius 3 is 1.80 bits per heavy atom. The second kappa shape index (κ2) is 12.4. The van der Waals surface area contributed by atoms with Gasteiger partial charge in [0.15, 0.2) is 0 Å². The molecule has 5 atom stereocenters. The molecule has 0 aromatic heterocycles. The van der Waals surface area contributed by atoms with Crippen LogP contribution in [0, 0.1) is 0 Å². The van der Waals surface area contributed by atoms with Gasteiger partial charge in [-0.15, -0.1) is 12.6 Å². The van der Waals surface area contributed by atoms with Crippen LogP contribution in [0.5, 0.6) is 5.75 Å². The molecule has 1 saturated heterocycles. The van der Waals surface area contributed by atoms with E-state index < -0.39 is 74.1 Å². The molecule has 0 unspecified atom stereocenters. The molecule has 0 aliphatic carbocycles. The number of halogens is 6. The fraction of sp³-hybridized carbons (Fsp3) is 0.455. The van der Waals surface area contributed by atoms with Gasteiger partial charge in [0.2, 0.25) is 0 Å². The van der Waals surface area contributed by atoms with Crippen LogP contribution in [-0.4, -0.2) is 64.8 Å². The summed E-state index contributed by atoms with van der Waals surface area (Å²) >= 11 is 4.10. The number of ether oxygens (including phenoxy) is 3. The Kier molecular flexibility index (Phi) is 10.1. The highest BCUT2D eigenvalue weighted by Crippen LogP contribution is 2.38. The average Bonchev–Trinajstić information content (AvgIpc) is 2.85. The number of benzene rings is 2. The molecule has 2 aromatic rings. The topological polar surface area (TPSA) is 114 Å². The van der Waals surface area contributed by atoms with Gasteiger partial charge in [-0.1, -0.05) is 42.5 Å². The number of hydrogen-bond donors (Lipinski definition) is 1. The number of alkyl halides is 6. The Morgan fingerprint density at radius 2 is 1.30 bits per heavy atom. The second-order valence-corrected chi connectivity index (χ2v) is 11.9. The molecule has 0 radical (unpaired) electrons. The van der Waals surface area contributed by atoms with Gasteiger partial charge in [0.1, 0.15) is 29.5 Å². The highest BCUT2D eigenvalue weighted by atomic mass is 32.2. The molecule has 0 N–H and O–H groups in total. The maximum absolute atomic E-state index is 13.3. The lowest BCUT2D eigenvalue weighted by Crippen LogP contribution is -2.61. The Labute approximate surface area is 231 Å². The first-order chi connectivity index (χ1) is 18.4. The van der Waals surface area contributed by atoms with Gasteiger partial charge >= 0.3 is 31.3 Å². The molecule has 224 valence electrons. The predicted octanol–water partition coefficient (Wildman–Crippen LogP) is 3.95. The second-order valence-electron chi connectivity index (χ2n) is 8.30. The van der Waals surface area contributed by atoms with Crippen molar-refractivity contribution in [1.82, 2.24) is 0 Å². The van der Waals surface area contributed by atoms with Gasteiger partial charge in [-0.3, -0.25) is 8.37 Å². The number of hydrogen-bond acceptors (Lipinski definition) is 10. The summed E-state index contributed by atoms with van der Waals surface area (Å²) in [5, 5.41) is 0. The fourth-order valence-corrected chi connectivity index (χ4v) is 5.29. The normalized spacial score (nSPS) is 24.6. The summed E-state index contributed by atoms with van der Waals surface area (Å²) in [4.78, 5) is 0. The van der Waals surface area contributed by atoms with Crippen LogP contribution in [0.1, 0.15) is 11.1 Å². The average molecular weight is 641 g/mol. The number of rotatable bonds is 10. The van der Waals surface area contributed by atoms with Crippen molar-refractivity contribution in [1.29, 1.82) is 0 Å². The molecule has 0 amide bonds. The summed E-state index contributed by atoms with van der Waals surface area (Å²) in [7, 11) is -11.6. The van der Waals surface area contributed by atoms with E-state index in [1.165, 1.54) is 55.6 Å². The summed E-state index contributed by atoms with van der Waals surface area (Å²) in [5.41, 5.74) is -12.9. The minimum atomic E-state index is -6.51. The van der Waals surface area contributed by atoms with Crippen molar-refractivity contribution in [2.45, 2.75) is 53.9 Å². The lowest BCUT2D eigenvalue weighted by Gasteiger charge is -2.44. The molecule has 0 spiro atoms. The Balaban J connectivity index is 2.05. The summed E-state index contributed by atoms with van der Waals surface area (Å²) in [6.45, 7) is -0.455. The molecule has 0 saturated carbocycles. The SMILES string of the molecule is COc1ccc(CO[C@@H]2[C@H](OS(=O)(=O)C(F)(F)F)[C@H](OS(=O)(=O)C(F)(F)F)[C@@H](Cc3ccccc3)O[C@H]2S)cc1. The first kappa shape index (κ1) is 32.4.